The number of hydrogen-bond acceptors (Lipinski definition) is 5. The number of nitrogens with zero attached hydrogens (tertiary/aromatic N) is 2. The van der Waals surface area contributed by atoms with E-state index in [1.54, 1.807) is 6.07 Å². The van der Waals surface area contributed by atoms with Gasteiger partial charge >= 0.3 is 0 Å². The van der Waals surface area contributed by atoms with Crippen LogP contribution in [0.5, 0.6) is 0 Å². The van der Waals surface area contributed by atoms with E-state index in [0.29, 0.717) is 35.8 Å². The Morgan fingerprint density at radius 3 is 2.73 bits per heavy atom. The Hall–Kier alpha value is -2.45. The van der Waals surface area contributed by atoms with E-state index in [1.165, 1.54) is 23.9 Å². The van der Waals surface area contributed by atoms with Crippen LogP contribution < -0.4 is 5.32 Å². The first-order valence-electron chi connectivity index (χ1n) is 7.97. The van der Waals surface area contributed by atoms with Gasteiger partial charge in [0.2, 0.25) is 0 Å². The highest BCUT2D eigenvalue weighted by Gasteiger charge is 2.25. The quantitative estimate of drug-likeness (QED) is 0.680. The van der Waals surface area contributed by atoms with Crippen molar-refractivity contribution in [1.82, 2.24) is 9.88 Å². The van der Waals surface area contributed by atoms with Crippen molar-refractivity contribution < 1.29 is 14.0 Å². The van der Waals surface area contributed by atoms with E-state index in [9.17, 15) is 9.59 Å². The molecule has 4 rings (SSSR count). The van der Waals surface area contributed by atoms with Crippen LogP contribution in [0.2, 0.25) is 0 Å². The highest BCUT2D eigenvalue weighted by molar-refractivity contribution is 9.10. The third-order valence-corrected chi connectivity index (χ3v) is 5.64. The molecule has 8 heteroatoms. The topological polar surface area (TPSA) is 75.4 Å². The fourth-order valence-corrected chi connectivity index (χ4v) is 4.04. The lowest BCUT2D eigenvalue weighted by atomic mass is 10.1. The van der Waals surface area contributed by atoms with Gasteiger partial charge in [-0.1, -0.05) is 27.3 Å². The molecule has 3 aromatic rings. The first kappa shape index (κ1) is 17.0. The molecule has 0 saturated carbocycles. The lowest BCUT2D eigenvalue weighted by Crippen LogP contribution is -2.35. The zero-order chi connectivity index (χ0) is 18.1. The number of anilines is 1. The summed E-state index contributed by atoms with van der Waals surface area (Å²) < 4.78 is 5.86. The fourth-order valence-electron chi connectivity index (χ4n) is 2.76. The van der Waals surface area contributed by atoms with Crippen molar-refractivity contribution in [3.05, 3.63) is 69.0 Å². The number of furan rings is 1. The highest BCUT2D eigenvalue weighted by atomic mass is 79.9. The number of rotatable bonds is 3. The maximum Gasteiger partial charge on any atom is 0.260 e. The van der Waals surface area contributed by atoms with Crippen LogP contribution in [0.25, 0.3) is 0 Å². The third kappa shape index (κ3) is 3.42. The summed E-state index contributed by atoms with van der Waals surface area (Å²) in [5, 5.41) is 3.32. The monoisotopic (exact) mass is 431 g/mol. The van der Waals surface area contributed by atoms with Gasteiger partial charge in [-0.2, -0.15) is 0 Å². The van der Waals surface area contributed by atoms with Gasteiger partial charge in [0.1, 0.15) is 6.26 Å². The van der Waals surface area contributed by atoms with Gasteiger partial charge in [0.05, 0.1) is 24.1 Å². The fraction of sp³-hybridized carbons (Fsp3) is 0.167. The van der Waals surface area contributed by atoms with Crippen LogP contribution >= 0.6 is 27.3 Å². The van der Waals surface area contributed by atoms with Gasteiger partial charge in [0, 0.05) is 27.9 Å². The van der Waals surface area contributed by atoms with Crippen molar-refractivity contribution in [3.8, 4) is 0 Å². The molecule has 3 heterocycles. The number of carbonyl (C=O) groups excluding carboxylic acids is 2. The average Bonchev–Trinajstić information content (AvgIpc) is 3.30. The second kappa shape index (κ2) is 7.05. The molecule has 0 aliphatic carbocycles. The van der Waals surface area contributed by atoms with Gasteiger partial charge in [0.25, 0.3) is 11.8 Å². The van der Waals surface area contributed by atoms with E-state index in [0.717, 1.165) is 15.0 Å². The molecule has 0 saturated heterocycles. The molecule has 0 spiro atoms. The summed E-state index contributed by atoms with van der Waals surface area (Å²) in [6.45, 7) is 1.12. The summed E-state index contributed by atoms with van der Waals surface area (Å²) in [6, 6.07) is 8.94. The summed E-state index contributed by atoms with van der Waals surface area (Å²) >= 11 is 4.78. The van der Waals surface area contributed by atoms with Crippen LogP contribution in [0.1, 0.15) is 31.3 Å². The second-order valence-corrected chi connectivity index (χ2v) is 7.84. The number of nitrogens with one attached hydrogen (secondary N) is 1. The van der Waals surface area contributed by atoms with Gasteiger partial charge < -0.3 is 9.32 Å². The Balaban J connectivity index is 1.47. The van der Waals surface area contributed by atoms with Crippen molar-refractivity contribution in [2.75, 3.05) is 11.9 Å². The molecule has 0 bridgehead atoms. The normalized spacial score (nSPS) is 13.3. The van der Waals surface area contributed by atoms with Crippen molar-refractivity contribution in [1.29, 1.82) is 0 Å². The highest BCUT2D eigenvalue weighted by Crippen LogP contribution is 2.29. The van der Waals surface area contributed by atoms with Crippen molar-refractivity contribution in [2.24, 2.45) is 0 Å². The molecular formula is C18H14BrN3O3S. The number of carbonyl (C=O) groups is 2. The summed E-state index contributed by atoms with van der Waals surface area (Å²) in [7, 11) is 0. The van der Waals surface area contributed by atoms with Gasteiger partial charge in [0.15, 0.2) is 5.13 Å². The minimum Gasteiger partial charge on any atom is -0.472 e. The predicted molar refractivity (Wildman–Crippen MR) is 101 cm³/mol. The van der Waals surface area contributed by atoms with E-state index in [2.05, 4.69) is 26.2 Å². The maximum absolute atomic E-state index is 12.7. The summed E-state index contributed by atoms with van der Waals surface area (Å²) in [6.07, 6.45) is 3.52. The molecule has 132 valence electrons. The van der Waals surface area contributed by atoms with E-state index in [-0.39, 0.29) is 11.8 Å². The van der Waals surface area contributed by atoms with Crippen LogP contribution in [0.3, 0.4) is 0 Å². The summed E-state index contributed by atoms with van der Waals surface area (Å²) in [5.41, 5.74) is 2.05. The molecule has 26 heavy (non-hydrogen) atoms. The van der Waals surface area contributed by atoms with E-state index >= 15 is 0 Å². The average molecular weight is 432 g/mol. The Labute approximate surface area is 162 Å². The van der Waals surface area contributed by atoms with Crippen LogP contribution in [-0.4, -0.2) is 28.2 Å². The molecule has 1 aromatic carbocycles. The third-order valence-electron chi connectivity index (χ3n) is 4.11. The summed E-state index contributed by atoms with van der Waals surface area (Å²) in [5.74, 6) is -0.256. The second-order valence-electron chi connectivity index (χ2n) is 5.84. The number of halogens is 1. The van der Waals surface area contributed by atoms with Gasteiger partial charge in [-0.3, -0.25) is 14.9 Å². The molecule has 1 N–H and O–H groups in total. The molecule has 0 atom stereocenters. The number of thiazole rings is 1. The Morgan fingerprint density at radius 2 is 2.00 bits per heavy atom. The first-order chi connectivity index (χ1) is 12.6. The van der Waals surface area contributed by atoms with E-state index < -0.39 is 0 Å². The molecule has 0 unspecified atom stereocenters. The Bertz CT molecular complexity index is 951. The van der Waals surface area contributed by atoms with Crippen molar-refractivity contribution >= 4 is 44.2 Å². The zero-order valence-electron chi connectivity index (χ0n) is 13.6. The number of aromatic nitrogens is 1. The first-order valence-corrected chi connectivity index (χ1v) is 9.58. The van der Waals surface area contributed by atoms with Crippen LogP contribution in [0.4, 0.5) is 5.13 Å². The largest absolute Gasteiger partial charge is 0.472 e. The van der Waals surface area contributed by atoms with Gasteiger partial charge in [-0.05, 0) is 30.3 Å². The molecule has 0 fully saturated rings. The maximum atomic E-state index is 12.7. The van der Waals surface area contributed by atoms with Crippen molar-refractivity contribution in [3.63, 3.8) is 0 Å². The van der Waals surface area contributed by atoms with Crippen LogP contribution in [0, 0.1) is 0 Å². The molecule has 2 aromatic heterocycles. The lowest BCUT2D eigenvalue weighted by molar-refractivity contribution is 0.0736. The zero-order valence-corrected chi connectivity index (χ0v) is 16.0. The number of hydrogen-bond donors (Lipinski definition) is 1. The number of benzene rings is 1. The summed E-state index contributed by atoms with van der Waals surface area (Å²) in [4.78, 5) is 32.1. The molecule has 2 amide bonds. The molecule has 6 nitrogen and oxygen atoms in total. The smallest absolute Gasteiger partial charge is 0.260 e. The SMILES string of the molecule is O=C(Nc1nc2c(s1)CN(C(=O)c1ccc(Br)cc1)CC2)c1ccoc1. The minimum atomic E-state index is -0.257. The molecule has 1 aliphatic heterocycles. The predicted octanol–water partition coefficient (Wildman–Crippen LogP) is 3.95. The van der Waals surface area contributed by atoms with Gasteiger partial charge in [-0.15, -0.1) is 0 Å². The lowest BCUT2D eigenvalue weighted by Gasteiger charge is -2.26. The number of fused-ring (bicyclic) bond motifs is 1. The Kier molecular flexibility index (Phi) is 4.60. The van der Waals surface area contributed by atoms with Crippen LogP contribution in [-0.2, 0) is 13.0 Å². The minimum absolute atomic E-state index is 0.000493. The van der Waals surface area contributed by atoms with Crippen molar-refractivity contribution in [2.45, 2.75) is 13.0 Å². The van der Waals surface area contributed by atoms with E-state index in [1.807, 2.05) is 29.2 Å². The number of amides is 2. The Morgan fingerprint density at radius 1 is 1.19 bits per heavy atom. The molecular weight excluding hydrogens is 418 g/mol. The molecule has 0 radical (unpaired) electrons. The standard InChI is InChI=1S/C18H14BrN3O3S/c19-13-3-1-11(2-4-13)17(24)22-7-5-14-15(9-22)26-18(20-14)21-16(23)12-6-8-25-10-12/h1-4,6,8,10H,5,7,9H2,(H,20,21,23). The molecule has 1 aliphatic rings. The van der Waals surface area contributed by atoms with Gasteiger partial charge in [-0.25, -0.2) is 4.98 Å². The van der Waals surface area contributed by atoms with Crippen LogP contribution in [0.15, 0.2) is 51.7 Å². The van der Waals surface area contributed by atoms with E-state index in [4.69, 9.17) is 4.42 Å².